The predicted octanol–water partition coefficient (Wildman–Crippen LogP) is 2.07. The van der Waals surface area contributed by atoms with Crippen molar-refractivity contribution in [1.29, 1.82) is 0 Å². The Balaban J connectivity index is 1.49. The second kappa shape index (κ2) is 8.57. The van der Waals surface area contributed by atoms with Gasteiger partial charge in [-0.05, 0) is 48.6 Å². The molecule has 0 bridgehead atoms. The van der Waals surface area contributed by atoms with Gasteiger partial charge in [0.15, 0.2) is 0 Å². The summed E-state index contributed by atoms with van der Waals surface area (Å²) in [5.41, 5.74) is 2.38. The van der Waals surface area contributed by atoms with Crippen LogP contribution in [-0.2, 0) is 32.6 Å². The largest absolute Gasteiger partial charge is 0.350 e. The summed E-state index contributed by atoms with van der Waals surface area (Å²) in [6.45, 7) is 1.40. The molecule has 1 saturated heterocycles. The van der Waals surface area contributed by atoms with E-state index >= 15 is 0 Å². The van der Waals surface area contributed by atoms with Crippen LogP contribution in [0.2, 0.25) is 0 Å². The zero-order chi connectivity index (χ0) is 21.1. The van der Waals surface area contributed by atoms with E-state index in [0.29, 0.717) is 31.7 Å². The number of rotatable bonds is 6. The van der Waals surface area contributed by atoms with E-state index in [9.17, 15) is 18.0 Å². The summed E-state index contributed by atoms with van der Waals surface area (Å²) in [6, 6.07) is 14.4. The third-order valence-electron chi connectivity index (χ3n) is 5.59. The summed E-state index contributed by atoms with van der Waals surface area (Å²) in [6.07, 6.45) is 2.49. The van der Waals surface area contributed by atoms with E-state index in [1.165, 1.54) is 9.21 Å². The maximum Gasteiger partial charge on any atom is 0.243 e. The number of hydrogen-bond acceptors (Lipinski definition) is 4. The van der Waals surface area contributed by atoms with Gasteiger partial charge >= 0.3 is 0 Å². The zero-order valence-corrected chi connectivity index (χ0v) is 17.5. The first kappa shape index (κ1) is 20.6. The first-order valence-corrected chi connectivity index (χ1v) is 11.6. The first-order valence-electron chi connectivity index (χ1n) is 10.2. The van der Waals surface area contributed by atoms with Crippen LogP contribution < -0.4 is 10.2 Å². The van der Waals surface area contributed by atoms with E-state index in [4.69, 9.17) is 0 Å². The Hall–Kier alpha value is -2.71. The van der Waals surface area contributed by atoms with Crippen molar-refractivity contribution < 1.29 is 18.0 Å². The van der Waals surface area contributed by atoms with E-state index < -0.39 is 10.0 Å². The highest BCUT2D eigenvalue weighted by Gasteiger charge is 2.30. The van der Waals surface area contributed by atoms with Gasteiger partial charge in [-0.15, -0.1) is 0 Å². The molecule has 0 unspecified atom stereocenters. The van der Waals surface area contributed by atoms with Gasteiger partial charge < -0.3 is 10.2 Å². The summed E-state index contributed by atoms with van der Waals surface area (Å²) in [5.74, 6) is -0.388. The Morgan fingerprint density at radius 1 is 1.00 bits per heavy atom. The van der Waals surface area contributed by atoms with Crippen LogP contribution in [0.25, 0.3) is 0 Å². The normalized spacial score (nSPS) is 17.1. The number of hydrogen-bond donors (Lipinski definition) is 1. The molecule has 158 valence electrons. The van der Waals surface area contributed by atoms with Crippen molar-refractivity contribution in [3.8, 4) is 0 Å². The number of amides is 2. The molecule has 4 rings (SSSR count). The van der Waals surface area contributed by atoms with Crippen molar-refractivity contribution in [2.45, 2.75) is 37.1 Å². The number of nitrogens with zero attached hydrogens (tertiary/aromatic N) is 2. The molecule has 2 amide bonds. The van der Waals surface area contributed by atoms with Crippen LogP contribution in [-0.4, -0.2) is 44.2 Å². The van der Waals surface area contributed by atoms with E-state index in [1.807, 2.05) is 30.3 Å². The lowest BCUT2D eigenvalue weighted by atomic mass is 10.0. The molecule has 2 aromatic rings. The topological polar surface area (TPSA) is 86.8 Å². The van der Waals surface area contributed by atoms with E-state index in [-0.39, 0.29) is 29.7 Å². The fourth-order valence-corrected chi connectivity index (χ4v) is 5.51. The Labute approximate surface area is 176 Å². The van der Waals surface area contributed by atoms with Gasteiger partial charge in [-0.3, -0.25) is 9.59 Å². The number of fused-ring (bicyclic) bond motifs is 1. The minimum absolute atomic E-state index is 0.0864. The molecule has 1 fully saturated rings. The number of carbonyl (C=O) groups is 2. The van der Waals surface area contributed by atoms with E-state index in [1.54, 1.807) is 18.2 Å². The van der Waals surface area contributed by atoms with Crippen molar-refractivity contribution in [1.82, 2.24) is 9.62 Å². The molecule has 30 heavy (non-hydrogen) atoms. The van der Waals surface area contributed by atoms with Crippen LogP contribution in [0.1, 0.15) is 30.4 Å². The zero-order valence-electron chi connectivity index (χ0n) is 16.7. The molecule has 2 aliphatic rings. The Morgan fingerprint density at radius 3 is 2.47 bits per heavy atom. The van der Waals surface area contributed by atoms with Gasteiger partial charge in [0, 0.05) is 31.7 Å². The number of anilines is 1. The monoisotopic (exact) mass is 427 g/mol. The SMILES string of the molecule is O=C(CN1C(=O)CCc2cc(S(=O)(=O)N3CCCC3)ccc21)NCc1ccccc1. The first-order chi connectivity index (χ1) is 14.4. The lowest BCUT2D eigenvalue weighted by Gasteiger charge is -2.29. The molecule has 0 spiro atoms. The average Bonchev–Trinajstić information content (AvgIpc) is 3.30. The molecule has 0 atom stereocenters. The predicted molar refractivity (Wildman–Crippen MR) is 113 cm³/mol. The molecule has 8 heteroatoms. The molecule has 7 nitrogen and oxygen atoms in total. The van der Waals surface area contributed by atoms with Crippen molar-refractivity contribution in [2.24, 2.45) is 0 Å². The molecule has 2 heterocycles. The molecule has 2 aliphatic heterocycles. The molecular weight excluding hydrogens is 402 g/mol. The van der Waals surface area contributed by atoms with Crippen LogP contribution in [0.4, 0.5) is 5.69 Å². The van der Waals surface area contributed by atoms with Gasteiger partial charge in [0.05, 0.1) is 4.90 Å². The highest BCUT2D eigenvalue weighted by Crippen LogP contribution is 2.31. The smallest absolute Gasteiger partial charge is 0.243 e. The fourth-order valence-electron chi connectivity index (χ4n) is 3.94. The van der Waals surface area contributed by atoms with Crippen molar-refractivity contribution in [2.75, 3.05) is 24.5 Å². The van der Waals surface area contributed by atoms with E-state index in [2.05, 4.69) is 5.32 Å². The van der Waals surface area contributed by atoms with Crippen LogP contribution in [0.5, 0.6) is 0 Å². The fraction of sp³-hybridized carbons (Fsp3) is 0.364. The highest BCUT2D eigenvalue weighted by atomic mass is 32.2. The van der Waals surface area contributed by atoms with Crippen LogP contribution >= 0.6 is 0 Å². The van der Waals surface area contributed by atoms with Crippen molar-refractivity contribution in [3.05, 3.63) is 59.7 Å². The molecule has 0 aliphatic carbocycles. The third-order valence-corrected chi connectivity index (χ3v) is 7.48. The second-order valence-electron chi connectivity index (χ2n) is 7.64. The quantitative estimate of drug-likeness (QED) is 0.765. The summed E-state index contributed by atoms with van der Waals surface area (Å²) in [4.78, 5) is 26.6. The van der Waals surface area contributed by atoms with Gasteiger partial charge in [0.1, 0.15) is 6.54 Å². The van der Waals surface area contributed by atoms with Crippen LogP contribution in [0.3, 0.4) is 0 Å². The lowest BCUT2D eigenvalue weighted by Crippen LogP contribution is -2.43. The van der Waals surface area contributed by atoms with Gasteiger partial charge in [0.2, 0.25) is 21.8 Å². The summed E-state index contributed by atoms with van der Waals surface area (Å²) in [7, 11) is -3.51. The van der Waals surface area contributed by atoms with Gasteiger partial charge in [-0.1, -0.05) is 30.3 Å². The molecule has 0 aromatic heterocycles. The molecule has 0 radical (unpaired) electrons. The number of sulfonamides is 1. The molecule has 2 aromatic carbocycles. The molecular formula is C22H25N3O4S. The maximum absolute atomic E-state index is 12.8. The van der Waals surface area contributed by atoms with Gasteiger partial charge in [-0.2, -0.15) is 4.31 Å². The van der Waals surface area contributed by atoms with Crippen molar-refractivity contribution in [3.63, 3.8) is 0 Å². The van der Waals surface area contributed by atoms with E-state index in [0.717, 1.165) is 24.0 Å². The summed E-state index contributed by atoms with van der Waals surface area (Å²) in [5, 5.41) is 2.83. The Kier molecular flexibility index (Phi) is 5.87. The summed E-state index contributed by atoms with van der Waals surface area (Å²) < 4.78 is 27.2. The Bertz CT molecular complexity index is 1050. The third kappa shape index (κ3) is 4.24. The highest BCUT2D eigenvalue weighted by molar-refractivity contribution is 7.89. The number of benzene rings is 2. The second-order valence-corrected chi connectivity index (χ2v) is 9.58. The number of carbonyl (C=O) groups excluding carboxylic acids is 2. The molecule has 0 saturated carbocycles. The minimum Gasteiger partial charge on any atom is -0.350 e. The standard InChI is InChI=1S/C22H25N3O4S/c26-21(23-15-17-6-2-1-3-7-17)16-25-20-10-9-19(14-18(20)8-11-22(25)27)30(28,29)24-12-4-5-13-24/h1-3,6-7,9-10,14H,4-5,8,11-13,15-16H2,(H,23,26). The van der Waals surface area contributed by atoms with Crippen LogP contribution in [0, 0.1) is 0 Å². The average molecular weight is 428 g/mol. The molecule has 1 N–H and O–H groups in total. The number of nitrogens with one attached hydrogen (secondary N) is 1. The lowest BCUT2D eigenvalue weighted by molar-refractivity contribution is -0.124. The van der Waals surface area contributed by atoms with Gasteiger partial charge in [-0.25, -0.2) is 8.42 Å². The van der Waals surface area contributed by atoms with Crippen LogP contribution in [0.15, 0.2) is 53.4 Å². The summed E-state index contributed by atoms with van der Waals surface area (Å²) >= 11 is 0. The van der Waals surface area contributed by atoms with Gasteiger partial charge in [0.25, 0.3) is 0 Å². The van der Waals surface area contributed by atoms with Crippen molar-refractivity contribution >= 4 is 27.5 Å². The Morgan fingerprint density at radius 2 is 1.73 bits per heavy atom. The maximum atomic E-state index is 12.8. The number of aryl methyl sites for hydroxylation is 1. The minimum atomic E-state index is -3.51.